The Bertz CT molecular complexity index is 756. The molecule has 1 heterocycles. The van der Waals surface area contributed by atoms with Gasteiger partial charge < -0.3 is 19.3 Å². The molecule has 0 bridgehead atoms. The molecular formula is C21H30N2O7. The minimum absolute atomic E-state index is 0.00613. The van der Waals surface area contributed by atoms with E-state index in [2.05, 4.69) is 10.5 Å². The quantitative estimate of drug-likeness (QED) is 0.335. The van der Waals surface area contributed by atoms with Gasteiger partial charge in [0.1, 0.15) is 18.0 Å². The average Bonchev–Trinajstić information content (AvgIpc) is 3.12. The van der Waals surface area contributed by atoms with Crippen LogP contribution in [-0.2, 0) is 23.9 Å². The second kappa shape index (κ2) is 10.4. The molecule has 1 aromatic carbocycles. The maximum Gasteiger partial charge on any atom is 0.306 e. The smallest absolute Gasteiger partial charge is 0.306 e. The lowest BCUT2D eigenvalue weighted by Crippen LogP contribution is -2.46. The van der Waals surface area contributed by atoms with Crippen molar-refractivity contribution < 1.29 is 33.7 Å². The van der Waals surface area contributed by atoms with E-state index < -0.39 is 23.0 Å². The van der Waals surface area contributed by atoms with Crippen LogP contribution in [-0.4, -0.2) is 61.0 Å². The summed E-state index contributed by atoms with van der Waals surface area (Å²) in [4.78, 5) is 34.0. The van der Waals surface area contributed by atoms with E-state index in [9.17, 15) is 9.59 Å². The number of carbonyl (C=O) groups is 2. The van der Waals surface area contributed by atoms with Gasteiger partial charge in [-0.2, -0.15) is 0 Å². The van der Waals surface area contributed by atoms with Gasteiger partial charge in [-0.1, -0.05) is 0 Å². The number of carbonyl (C=O) groups excluding carboxylic acids is 2. The fourth-order valence-electron chi connectivity index (χ4n) is 2.79. The number of hydroxylamine groups is 1. The highest BCUT2D eigenvalue weighted by molar-refractivity contribution is 6.00. The van der Waals surface area contributed by atoms with E-state index >= 15 is 0 Å². The van der Waals surface area contributed by atoms with Gasteiger partial charge in [0.15, 0.2) is 5.54 Å². The lowest BCUT2D eigenvalue weighted by atomic mass is 9.94. The summed E-state index contributed by atoms with van der Waals surface area (Å²) in [6.07, 6.45) is 0.668. The van der Waals surface area contributed by atoms with E-state index in [1.165, 1.54) is 7.11 Å². The number of ether oxygens (including phenoxy) is 3. The van der Waals surface area contributed by atoms with Crippen LogP contribution in [0.25, 0.3) is 0 Å². The molecule has 30 heavy (non-hydrogen) atoms. The van der Waals surface area contributed by atoms with Gasteiger partial charge in [0.05, 0.1) is 13.7 Å². The first-order valence-electron chi connectivity index (χ1n) is 9.81. The lowest BCUT2D eigenvalue weighted by Gasteiger charge is -2.23. The van der Waals surface area contributed by atoms with Crippen LogP contribution in [0.5, 0.6) is 5.75 Å². The molecule has 9 nitrogen and oxygen atoms in total. The van der Waals surface area contributed by atoms with Crippen molar-refractivity contribution in [2.75, 3.05) is 26.9 Å². The Kier molecular flexibility index (Phi) is 8.19. The van der Waals surface area contributed by atoms with Gasteiger partial charge in [-0.3, -0.25) is 14.4 Å². The molecule has 1 aromatic rings. The van der Waals surface area contributed by atoms with Crippen molar-refractivity contribution in [3.05, 3.63) is 29.8 Å². The van der Waals surface area contributed by atoms with E-state index in [4.69, 9.17) is 24.2 Å². The molecule has 2 N–H and O–H groups in total. The summed E-state index contributed by atoms with van der Waals surface area (Å²) in [6, 6.07) is 7.06. The summed E-state index contributed by atoms with van der Waals surface area (Å²) in [5.74, 6) is 0.0408. The molecule has 0 saturated heterocycles. The summed E-state index contributed by atoms with van der Waals surface area (Å²) in [6.45, 7) is 5.81. The number of aliphatic hydroxyl groups excluding tert-OH is 1. The fourth-order valence-corrected chi connectivity index (χ4v) is 2.79. The highest BCUT2D eigenvalue weighted by Crippen LogP contribution is 2.28. The predicted octanol–water partition coefficient (Wildman–Crippen LogP) is 1.76. The highest BCUT2D eigenvalue weighted by Gasteiger charge is 2.45. The Hall–Kier alpha value is -2.65. The molecule has 1 atom stereocenters. The SMILES string of the molecule is CONC(=O)[C@]1(CCC(=O)OC(C)(C)C)COC(c2ccc(OCCCO)cc2)=N1. The normalized spacial score (nSPS) is 18.4. The zero-order chi connectivity index (χ0) is 22.2. The molecule has 0 unspecified atom stereocenters. The summed E-state index contributed by atoms with van der Waals surface area (Å²) < 4.78 is 16.5. The molecule has 0 fully saturated rings. The third kappa shape index (κ3) is 6.70. The first-order valence-corrected chi connectivity index (χ1v) is 9.81. The molecule has 1 amide bonds. The molecule has 0 radical (unpaired) electrons. The van der Waals surface area contributed by atoms with Gasteiger partial charge in [0.2, 0.25) is 5.90 Å². The van der Waals surface area contributed by atoms with Crippen LogP contribution in [0.2, 0.25) is 0 Å². The number of esters is 1. The van der Waals surface area contributed by atoms with Gasteiger partial charge >= 0.3 is 5.97 Å². The van der Waals surface area contributed by atoms with Crippen LogP contribution in [0, 0.1) is 0 Å². The summed E-state index contributed by atoms with van der Waals surface area (Å²) in [7, 11) is 1.33. The van der Waals surface area contributed by atoms with Crippen LogP contribution in [0.4, 0.5) is 0 Å². The highest BCUT2D eigenvalue weighted by atomic mass is 16.6. The number of nitrogens with zero attached hydrogens (tertiary/aromatic N) is 1. The summed E-state index contributed by atoms with van der Waals surface area (Å²) >= 11 is 0. The monoisotopic (exact) mass is 422 g/mol. The van der Waals surface area contributed by atoms with Crippen molar-refractivity contribution in [1.29, 1.82) is 0 Å². The van der Waals surface area contributed by atoms with Gasteiger partial charge in [-0.15, -0.1) is 0 Å². The summed E-state index contributed by atoms with van der Waals surface area (Å²) in [5.41, 5.74) is 1.06. The zero-order valence-corrected chi connectivity index (χ0v) is 17.9. The van der Waals surface area contributed by atoms with Crippen LogP contribution in [0.1, 0.15) is 45.6 Å². The van der Waals surface area contributed by atoms with Crippen molar-refractivity contribution in [3.63, 3.8) is 0 Å². The largest absolute Gasteiger partial charge is 0.494 e. The van der Waals surface area contributed by atoms with Gasteiger partial charge in [-0.05, 0) is 51.5 Å². The second-order valence-corrected chi connectivity index (χ2v) is 7.91. The van der Waals surface area contributed by atoms with E-state index in [-0.39, 0.29) is 26.1 Å². The number of rotatable bonds is 10. The Morgan fingerprint density at radius 2 is 1.97 bits per heavy atom. The molecule has 166 valence electrons. The van der Waals surface area contributed by atoms with Gasteiger partial charge in [0.25, 0.3) is 5.91 Å². The molecule has 1 aliphatic rings. The van der Waals surface area contributed by atoms with Crippen LogP contribution in [0.15, 0.2) is 29.3 Å². The molecule has 9 heteroatoms. The van der Waals surface area contributed by atoms with Crippen molar-refractivity contribution in [3.8, 4) is 5.75 Å². The number of hydrogen-bond donors (Lipinski definition) is 2. The first-order chi connectivity index (χ1) is 14.2. The van der Waals surface area contributed by atoms with E-state index in [1.807, 2.05) is 0 Å². The van der Waals surface area contributed by atoms with Crippen LogP contribution in [0.3, 0.4) is 0 Å². The second-order valence-electron chi connectivity index (χ2n) is 7.91. The number of hydrogen-bond acceptors (Lipinski definition) is 8. The molecule has 0 aromatic heterocycles. The first kappa shape index (κ1) is 23.6. The summed E-state index contributed by atoms with van der Waals surface area (Å²) in [5, 5.41) is 8.81. The van der Waals surface area contributed by atoms with Crippen LogP contribution < -0.4 is 10.2 Å². The molecule has 0 aliphatic carbocycles. The minimum Gasteiger partial charge on any atom is -0.494 e. The molecule has 2 rings (SSSR count). The maximum atomic E-state index is 12.6. The van der Waals surface area contributed by atoms with Crippen molar-refractivity contribution >= 4 is 17.8 Å². The average molecular weight is 422 g/mol. The maximum absolute atomic E-state index is 12.6. The Balaban J connectivity index is 2.13. The Morgan fingerprint density at radius 1 is 1.27 bits per heavy atom. The topological polar surface area (TPSA) is 116 Å². The minimum atomic E-state index is -1.29. The van der Waals surface area contributed by atoms with Crippen molar-refractivity contribution in [2.24, 2.45) is 4.99 Å². The zero-order valence-electron chi connectivity index (χ0n) is 17.9. The fraction of sp³-hybridized carbons (Fsp3) is 0.571. The lowest BCUT2D eigenvalue weighted by molar-refractivity contribution is -0.155. The van der Waals surface area contributed by atoms with Crippen LogP contribution >= 0.6 is 0 Å². The number of benzene rings is 1. The van der Waals surface area contributed by atoms with Gasteiger partial charge in [0, 0.05) is 25.0 Å². The van der Waals surface area contributed by atoms with Crippen molar-refractivity contribution in [2.45, 2.75) is 51.2 Å². The molecule has 0 spiro atoms. The number of aliphatic imine (C=N–C) groups is 1. The Morgan fingerprint density at radius 3 is 2.57 bits per heavy atom. The molecular weight excluding hydrogens is 392 g/mol. The Labute approximate surface area is 176 Å². The van der Waals surface area contributed by atoms with E-state index in [0.29, 0.717) is 30.2 Å². The van der Waals surface area contributed by atoms with E-state index in [0.717, 1.165) is 0 Å². The number of nitrogens with one attached hydrogen (secondary N) is 1. The third-order valence-electron chi connectivity index (χ3n) is 4.22. The standard InChI is InChI=1S/C21H30N2O7/c1-20(2,3)30-17(25)10-11-21(19(26)23-27-4)14-29-18(22-21)15-6-8-16(9-7-15)28-13-5-12-24/h6-9,24H,5,10-14H2,1-4H3,(H,23,26)/t21-/m0/s1. The molecule has 0 saturated carbocycles. The number of aliphatic hydroxyl groups is 1. The van der Waals surface area contributed by atoms with Gasteiger partial charge in [-0.25, -0.2) is 10.5 Å². The molecule has 1 aliphatic heterocycles. The van der Waals surface area contributed by atoms with E-state index in [1.54, 1.807) is 45.0 Å². The predicted molar refractivity (Wildman–Crippen MR) is 109 cm³/mol. The third-order valence-corrected chi connectivity index (χ3v) is 4.22. The number of amides is 1. The van der Waals surface area contributed by atoms with Crippen molar-refractivity contribution in [1.82, 2.24) is 5.48 Å².